The van der Waals surface area contributed by atoms with Crippen LogP contribution in [0.2, 0.25) is 0 Å². The lowest BCUT2D eigenvalue weighted by Gasteiger charge is -2.32. The standard InChI is InChI=1S/C16H19BrO3/c1-16(5-2-3-6-20-16)14(18)10-12-9-13(17)8-11-4-7-19-15(11)12/h8-9H,2-7,10H2,1H3. The molecule has 108 valence electrons. The third-order valence-corrected chi connectivity index (χ3v) is 4.69. The van der Waals surface area contributed by atoms with Gasteiger partial charge in [0.25, 0.3) is 0 Å². The van der Waals surface area contributed by atoms with Crippen molar-refractivity contribution < 1.29 is 14.3 Å². The Kier molecular flexibility index (Phi) is 3.87. The first-order valence-corrected chi connectivity index (χ1v) is 7.99. The minimum atomic E-state index is -0.619. The van der Waals surface area contributed by atoms with Crippen LogP contribution in [0.5, 0.6) is 5.75 Å². The molecule has 2 aliphatic rings. The van der Waals surface area contributed by atoms with E-state index in [0.29, 0.717) is 19.6 Å². The second kappa shape index (κ2) is 5.49. The molecule has 1 aromatic rings. The minimum Gasteiger partial charge on any atom is -0.493 e. The third kappa shape index (κ3) is 2.63. The quantitative estimate of drug-likeness (QED) is 0.846. The molecule has 1 fully saturated rings. The normalized spacial score (nSPS) is 25.1. The van der Waals surface area contributed by atoms with Crippen molar-refractivity contribution >= 4 is 21.7 Å². The van der Waals surface area contributed by atoms with Gasteiger partial charge in [0, 0.05) is 29.5 Å². The molecule has 1 aromatic carbocycles. The zero-order valence-electron chi connectivity index (χ0n) is 11.7. The molecule has 0 aromatic heterocycles. The average Bonchev–Trinajstić information content (AvgIpc) is 2.87. The summed E-state index contributed by atoms with van der Waals surface area (Å²) in [5, 5.41) is 0. The SMILES string of the molecule is CC1(C(=O)Cc2cc(Br)cc3c2OCC3)CCCCO1. The number of fused-ring (bicyclic) bond motifs is 1. The Labute approximate surface area is 127 Å². The molecule has 0 amide bonds. The molecule has 20 heavy (non-hydrogen) atoms. The number of carbonyl (C=O) groups is 1. The first-order valence-electron chi connectivity index (χ1n) is 7.20. The second-order valence-electron chi connectivity index (χ2n) is 5.79. The van der Waals surface area contributed by atoms with E-state index in [-0.39, 0.29) is 5.78 Å². The fourth-order valence-corrected chi connectivity index (χ4v) is 3.54. The van der Waals surface area contributed by atoms with E-state index in [4.69, 9.17) is 9.47 Å². The largest absolute Gasteiger partial charge is 0.493 e. The molecule has 3 rings (SSSR count). The summed E-state index contributed by atoms with van der Waals surface area (Å²) < 4.78 is 12.5. The number of ketones is 1. The third-order valence-electron chi connectivity index (χ3n) is 4.23. The van der Waals surface area contributed by atoms with Crippen molar-refractivity contribution in [1.82, 2.24) is 0 Å². The summed E-state index contributed by atoms with van der Waals surface area (Å²) in [5.41, 5.74) is 1.55. The van der Waals surface area contributed by atoms with Gasteiger partial charge in [-0.05, 0) is 43.9 Å². The van der Waals surface area contributed by atoms with Crippen molar-refractivity contribution in [3.63, 3.8) is 0 Å². The zero-order chi connectivity index (χ0) is 14.2. The van der Waals surface area contributed by atoms with E-state index >= 15 is 0 Å². The molecule has 0 radical (unpaired) electrons. The Bertz CT molecular complexity index is 533. The molecule has 3 nitrogen and oxygen atoms in total. The molecule has 0 spiro atoms. The minimum absolute atomic E-state index is 0.160. The van der Waals surface area contributed by atoms with Crippen LogP contribution < -0.4 is 4.74 Å². The number of halogens is 1. The van der Waals surface area contributed by atoms with Crippen molar-refractivity contribution in [2.45, 2.75) is 44.6 Å². The van der Waals surface area contributed by atoms with Gasteiger partial charge in [-0.3, -0.25) is 4.79 Å². The van der Waals surface area contributed by atoms with Crippen LogP contribution in [0.15, 0.2) is 16.6 Å². The van der Waals surface area contributed by atoms with Gasteiger partial charge < -0.3 is 9.47 Å². The van der Waals surface area contributed by atoms with Gasteiger partial charge in [0.15, 0.2) is 5.78 Å². The van der Waals surface area contributed by atoms with Crippen molar-refractivity contribution in [2.75, 3.05) is 13.2 Å². The van der Waals surface area contributed by atoms with Crippen LogP contribution in [0, 0.1) is 0 Å². The van der Waals surface area contributed by atoms with Gasteiger partial charge in [-0.2, -0.15) is 0 Å². The average molecular weight is 339 g/mol. The van der Waals surface area contributed by atoms with E-state index in [0.717, 1.165) is 41.5 Å². The Hall–Kier alpha value is -0.870. The van der Waals surface area contributed by atoms with Gasteiger partial charge >= 0.3 is 0 Å². The molecular formula is C16H19BrO3. The van der Waals surface area contributed by atoms with Crippen molar-refractivity contribution in [1.29, 1.82) is 0 Å². The first kappa shape index (κ1) is 14.1. The number of ether oxygens (including phenoxy) is 2. The van der Waals surface area contributed by atoms with Crippen LogP contribution in [0.3, 0.4) is 0 Å². The molecular weight excluding hydrogens is 320 g/mol. The monoisotopic (exact) mass is 338 g/mol. The molecule has 0 N–H and O–H groups in total. The van der Waals surface area contributed by atoms with Gasteiger partial charge in [0.2, 0.25) is 0 Å². The van der Waals surface area contributed by atoms with E-state index in [1.165, 1.54) is 5.56 Å². The molecule has 2 aliphatic heterocycles. The lowest BCUT2D eigenvalue weighted by molar-refractivity contribution is -0.147. The van der Waals surface area contributed by atoms with E-state index in [2.05, 4.69) is 22.0 Å². The Morgan fingerprint density at radius 1 is 1.35 bits per heavy atom. The summed E-state index contributed by atoms with van der Waals surface area (Å²) >= 11 is 3.52. The molecule has 0 bridgehead atoms. The highest BCUT2D eigenvalue weighted by atomic mass is 79.9. The maximum absolute atomic E-state index is 12.6. The maximum atomic E-state index is 12.6. The number of hydrogen-bond donors (Lipinski definition) is 0. The topological polar surface area (TPSA) is 35.5 Å². The smallest absolute Gasteiger partial charge is 0.168 e. The molecule has 0 saturated carbocycles. The fraction of sp³-hybridized carbons (Fsp3) is 0.562. The Morgan fingerprint density at radius 3 is 2.95 bits per heavy atom. The first-order chi connectivity index (χ1) is 9.58. The Morgan fingerprint density at radius 2 is 2.20 bits per heavy atom. The molecule has 0 aliphatic carbocycles. The van der Waals surface area contributed by atoms with Gasteiger partial charge in [-0.25, -0.2) is 0 Å². The van der Waals surface area contributed by atoms with Gasteiger partial charge in [-0.15, -0.1) is 0 Å². The van der Waals surface area contributed by atoms with Crippen LogP contribution >= 0.6 is 15.9 Å². The predicted molar refractivity (Wildman–Crippen MR) is 80.3 cm³/mol. The summed E-state index contributed by atoms with van der Waals surface area (Å²) in [4.78, 5) is 12.6. The predicted octanol–water partition coefficient (Wildman–Crippen LogP) is 3.45. The summed E-state index contributed by atoms with van der Waals surface area (Å²) in [6.07, 6.45) is 4.25. The number of rotatable bonds is 3. The lowest BCUT2D eigenvalue weighted by Crippen LogP contribution is -2.42. The van der Waals surface area contributed by atoms with Crippen molar-refractivity contribution in [3.8, 4) is 5.75 Å². The van der Waals surface area contributed by atoms with E-state index in [1.807, 2.05) is 13.0 Å². The van der Waals surface area contributed by atoms with Gasteiger partial charge in [0.1, 0.15) is 11.4 Å². The van der Waals surface area contributed by atoms with Crippen LogP contribution in [0.1, 0.15) is 37.3 Å². The van der Waals surface area contributed by atoms with E-state index in [1.54, 1.807) is 0 Å². The summed E-state index contributed by atoms with van der Waals surface area (Å²) in [7, 11) is 0. The van der Waals surface area contributed by atoms with Crippen LogP contribution in [0.4, 0.5) is 0 Å². The molecule has 1 saturated heterocycles. The highest BCUT2D eigenvalue weighted by Gasteiger charge is 2.36. The summed E-state index contributed by atoms with van der Waals surface area (Å²) in [6.45, 7) is 3.32. The van der Waals surface area contributed by atoms with Crippen LogP contribution in [-0.4, -0.2) is 24.6 Å². The maximum Gasteiger partial charge on any atom is 0.168 e. The van der Waals surface area contributed by atoms with Crippen LogP contribution in [-0.2, 0) is 22.4 Å². The summed E-state index contributed by atoms with van der Waals surface area (Å²) in [6, 6.07) is 4.07. The highest BCUT2D eigenvalue weighted by Crippen LogP contribution is 2.35. The second-order valence-corrected chi connectivity index (χ2v) is 6.70. The molecule has 1 unspecified atom stereocenters. The van der Waals surface area contributed by atoms with E-state index < -0.39 is 5.60 Å². The molecule has 2 heterocycles. The summed E-state index contributed by atoms with van der Waals surface area (Å²) in [5.74, 6) is 1.06. The van der Waals surface area contributed by atoms with Crippen LogP contribution in [0.25, 0.3) is 0 Å². The number of Topliss-reactive ketones (excluding diaryl/α,β-unsaturated/α-hetero) is 1. The fourth-order valence-electron chi connectivity index (χ4n) is 2.99. The van der Waals surface area contributed by atoms with E-state index in [9.17, 15) is 4.79 Å². The highest BCUT2D eigenvalue weighted by molar-refractivity contribution is 9.10. The number of carbonyl (C=O) groups excluding carboxylic acids is 1. The Balaban J connectivity index is 1.83. The molecule has 1 atom stereocenters. The molecule has 4 heteroatoms. The van der Waals surface area contributed by atoms with Crippen molar-refractivity contribution in [3.05, 3.63) is 27.7 Å². The zero-order valence-corrected chi connectivity index (χ0v) is 13.3. The van der Waals surface area contributed by atoms with Gasteiger partial charge in [0.05, 0.1) is 6.61 Å². The number of hydrogen-bond acceptors (Lipinski definition) is 3. The van der Waals surface area contributed by atoms with Crippen molar-refractivity contribution in [2.24, 2.45) is 0 Å². The lowest BCUT2D eigenvalue weighted by atomic mass is 9.88. The number of benzene rings is 1. The van der Waals surface area contributed by atoms with Gasteiger partial charge in [-0.1, -0.05) is 15.9 Å².